The van der Waals surface area contributed by atoms with Gasteiger partial charge in [-0.15, -0.1) is 0 Å². The molecule has 1 N–H and O–H groups in total. The van der Waals surface area contributed by atoms with E-state index in [1.54, 1.807) is 42.5 Å². The van der Waals surface area contributed by atoms with Crippen LogP contribution in [0.25, 0.3) is 0 Å². The fourth-order valence-electron chi connectivity index (χ4n) is 4.28. The van der Waals surface area contributed by atoms with Crippen molar-refractivity contribution in [3.63, 3.8) is 0 Å². The fourth-order valence-corrected chi connectivity index (χ4v) is 6.03. The number of rotatable bonds is 13. The maximum absolute atomic E-state index is 14.1. The fraction of sp³-hybridized carbons (Fsp3) is 0.333. The normalized spacial score (nSPS) is 12.0. The molecule has 0 radical (unpaired) electrons. The van der Waals surface area contributed by atoms with Gasteiger partial charge in [-0.05, 0) is 55.2 Å². The topological polar surface area (TPSA) is 86.8 Å². The maximum atomic E-state index is 14.1. The van der Waals surface area contributed by atoms with Gasteiger partial charge in [-0.1, -0.05) is 86.5 Å². The zero-order valence-corrected chi connectivity index (χ0v) is 24.2. The number of para-hydroxylation sites is 1. The number of anilines is 1. The van der Waals surface area contributed by atoms with Gasteiger partial charge < -0.3 is 10.2 Å². The van der Waals surface area contributed by atoms with Crippen LogP contribution < -0.4 is 9.62 Å². The first-order valence-corrected chi connectivity index (χ1v) is 15.0. The summed E-state index contributed by atoms with van der Waals surface area (Å²) in [5, 5.41) is 3.13. The molecule has 0 aliphatic rings. The second-order valence-corrected chi connectivity index (χ2v) is 11.6. The van der Waals surface area contributed by atoms with Crippen LogP contribution in [0.4, 0.5) is 5.69 Å². The van der Waals surface area contributed by atoms with Gasteiger partial charge in [0.2, 0.25) is 11.8 Å². The number of carbonyl (C=O) groups is 2. The minimum atomic E-state index is -4.16. The highest BCUT2D eigenvalue weighted by atomic mass is 35.5. The second kappa shape index (κ2) is 14.1. The lowest BCUT2D eigenvalue weighted by atomic mass is 10.1. The molecule has 208 valence electrons. The molecule has 3 aromatic carbocycles. The molecule has 3 aromatic rings. The van der Waals surface area contributed by atoms with Crippen molar-refractivity contribution in [3.05, 3.63) is 95.0 Å². The van der Waals surface area contributed by atoms with Gasteiger partial charge in [0.25, 0.3) is 10.0 Å². The van der Waals surface area contributed by atoms with Crippen LogP contribution in [0.15, 0.2) is 83.8 Å². The monoisotopic (exact) mass is 569 g/mol. The van der Waals surface area contributed by atoms with E-state index in [0.29, 0.717) is 13.0 Å². The van der Waals surface area contributed by atoms with E-state index in [4.69, 9.17) is 11.6 Å². The van der Waals surface area contributed by atoms with Crippen LogP contribution >= 0.6 is 11.6 Å². The third kappa shape index (κ3) is 7.61. The van der Waals surface area contributed by atoms with Gasteiger partial charge in [0.05, 0.1) is 15.6 Å². The van der Waals surface area contributed by atoms with Crippen LogP contribution in [0.2, 0.25) is 5.02 Å². The van der Waals surface area contributed by atoms with E-state index >= 15 is 0 Å². The summed E-state index contributed by atoms with van der Waals surface area (Å²) in [7, 11) is -4.16. The predicted molar refractivity (Wildman–Crippen MR) is 156 cm³/mol. The smallest absolute Gasteiger partial charge is 0.264 e. The highest BCUT2D eigenvalue weighted by Gasteiger charge is 2.34. The Hall–Kier alpha value is -3.36. The molecule has 0 aliphatic carbocycles. The van der Waals surface area contributed by atoms with E-state index in [0.717, 1.165) is 28.3 Å². The lowest BCUT2D eigenvalue weighted by Crippen LogP contribution is -2.52. The molecular weight excluding hydrogens is 534 g/mol. The Morgan fingerprint density at radius 1 is 0.923 bits per heavy atom. The molecule has 7 nitrogen and oxygen atoms in total. The van der Waals surface area contributed by atoms with Gasteiger partial charge in [0.15, 0.2) is 0 Å². The van der Waals surface area contributed by atoms with E-state index in [9.17, 15) is 18.0 Å². The van der Waals surface area contributed by atoms with Gasteiger partial charge in [-0.2, -0.15) is 0 Å². The molecule has 0 saturated carbocycles. The molecule has 2 amide bonds. The third-order valence-corrected chi connectivity index (χ3v) is 8.64. The number of halogens is 1. The maximum Gasteiger partial charge on any atom is 0.264 e. The van der Waals surface area contributed by atoms with Crippen molar-refractivity contribution in [1.29, 1.82) is 0 Å². The average molecular weight is 570 g/mol. The summed E-state index contributed by atoms with van der Waals surface area (Å²) in [6.07, 6.45) is 2.11. The standard InChI is InChI=1S/C30H36ClN3O4S/c1-4-6-20-32-30(36)27(5-2)33(21-24-15-11-10-14-23(24)3)29(35)22-34(28-19-13-12-18-26(28)31)39(37,38)25-16-8-7-9-17-25/h7-19,27H,4-6,20-22H2,1-3H3,(H,32,36). The molecule has 39 heavy (non-hydrogen) atoms. The van der Waals surface area contributed by atoms with Gasteiger partial charge in [0.1, 0.15) is 12.6 Å². The Kier molecular flexibility index (Phi) is 10.9. The largest absolute Gasteiger partial charge is 0.354 e. The van der Waals surface area contributed by atoms with Crippen LogP contribution in [0, 0.1) is 6.92 Å². The van der Waals surface area contributed by atoms with Crippen molar-refractivity contribution in [1.82, 2.24) is 10.2 Å². The van der Waals surface area contributed by atoms with Crippen LogP contribution in [0.1, 0.15) is 44.2 Å². The Morgan fingerprint density at radius 3 is 2.21 bits per heavy atom. The van der Waals surface area contributed by atoms with E-state index in [1.807, 2.05) is 45.0 Å². The summed E-state index contributed by atoms with van der Waals surface area (Å²) >= 11 is 6.44. The average Bonchev–Trinajstić information content (AvgIpc) is 2.93. The van der Waals surface area contributed by atoms with Gasteiger partial charge in [0, 0.05) is 13.1 Å². The number of carbonyl (C=O) groups excluding carboxylic acids is 2. The molecule has 0 saturated heterocycles. The number of hydrogen-bond acceptors (Lipinski definition) is 4. The number of benzene rings is 3. The SMILES string of the molecule is CCCCNC(=O)C(CC)N(Cc1ccccc1C)C(=O)CN(c1ccccc1Cl)S(=O)(=O)c1ccccc1. The number of hydrogen-bond donors (Lipinski definition) is 1. The van der Waals surface area contributed by atoms with Crippen molar-refractivity contribution in [3.8, 4) is 0 Å². The predicted octanol–water partition coefficient (Wildman–Crippen LogP) is 5.57. The third-order valence-electron chi connectivity index (χ3n) is 6.55. The lowest BCUT2D eigenvalue weighted by Gasteiger charge is -2.33. The van der Waals surface area contributed by atoms with Crippen molar-refractivity contribution >= 4 is 39.1 Å². The van der Waals surface area contributed by atoms with E-state index < -0.39 is 28.5 Å². The second-order valence-electron chi connectivity index (χ2n) is 9.29. The molecule has 3 rings (SSSR count). The summed E-state index contributed by atoms with van der Waals surface area (Å²) in [5.41, 5.74) is 2.03. The number of aryl methyl sites for hydroxylation is 1. The Balaban J connectivity index is 2.04. The highest BCUT2D eigenvalue weighted by molar-refractivity contribution is 7.92. The van der Waals surface area contributed by atoms with E-state index in [-0.39, 0.29) is 28.1 Å². The zero-order chi connectivity index (χ0) is 28.4. The number of unbranched alkanes of at least 4 members (excludes halogenated alkanes) is 1. The van der Waals surface area contributed by atoms with Crippen molar-refractivity contribution in [2.75, 3.05) is 17.4 Å². The summed E-state index contributed by atoms with van der Waals surface area (Å²) in [5.74, 6) is -0.765. The van der Waals surface area contributed by atoms with Crippen molar-refractivity contribution < 1.29 is 18.0 Å². The lowest BCUT2D eigenvalue weighted by molar-refractivity contribution is -0.140. The molecule has 0 aromatic heterocycles. The van der Waals surface area contributed by atoms with Crippen LogP contribution in [-0.4, -0.2) is 44.3 Å². The first-order valence-electron chi connectivity index (χ1n) is 13.1. The number of amides is 2. The van der Waals surface area contributed by atoms with Crippen molar-refractivity contribution in [2.45, 2.75) is 57.5 Å². The van der Waals surface area contributed by atoms with Gasteiger partial charge in [-0.25, -0.2) is 8.42 Å². The molecule has 0 fully saturated rings. The van der Waals surface area contributed by atoms with Crippen LogP contribution in [-0.2, 0) is 26.2 Å². The van der Waals surface area contributed by atoms with Crippen LogP contribution in [0.3, 0.4) is 0 Å². The molecule has 0 aliphatic heterocycles. The molecule has 1 unspecified atom stereocenters. The first-order chi connectivity index (χ1) is 18.7. The summed E-state index contributed by atoms with van der Waals surface area (Å²) in [4.78, 5) is 28.8. The van der Waals surface area contributed by atoms with Gasteiger partial charge in [-0.3, -0.25) is 13.9 Å². The molecule has 0 spiro atoms. The first kappa shape index (κ1) is 30.2. The number of nitrogens with one attached hydrogen (secondary N) is 1. The minimum Gasteiger partial charge on any atom is -0.354 e. The quantitative estimate of drug-likeness (QED) is 0.273. The van der Waals surface area contributed by atoms with Gasteiger partial charge >= 0.3 is 0 Å². The van der Waals surface area contributed by atoms with E-state index in [2.05, 4.69) is 5.32 Å². The summed E-state index contributed by atoms with van der Waals surface area (Å²) in [6.45, 7) is 5.96. The number of sulfonamides is 1. The summed E-state index contributed by atoms with van der Waals surface area (Å²) in [6, 6.07) is 21.3. The minimum absolute atomic E-state index is 0.0347. The number of nitrogens with zero attached hydrogens (tertiary/aromatic N) is 2. The molecule has 0 heterocycles. The molecular formula is C30H36ClN3O4S. The van der Waals surface area contributed by atoms with Crippen molar-refractivity contribution in [2.24, 2.45) is 0 Å². The Bertz CT molecular complexity index is 1370. The highest BCUT2D eigenvalue weighted by Crippen LogP contribution is 2.31. The Morgan fingerprint density at radius 2 is 1.56 bits per heavy atom. The van der Waals surface area contributed by atoms with E-state index in [1.165, 1.54) is 17.0 Å². The zero-order valence-electron chi connectivity index (χ0n) is 22.6. The summed E-state index contributed by atoms with van der Waals surface area (Å²) < 4.78 is 28.7. The molecule has 1 atom stereocenters. The Labute approximate surface area is 236 Å². The molecule has 9 heteroatoms. The van der Waals surface area contributed by atoms with Crippen LogP contribution in [0.5, 0.6) is 0 Å². The molecule has 0 bridgehead atoms.